The van der Waals surface area contributed by atoms with Crippen LogP contribution in [0.4, 0.5) is 11.6 Å². The lowest BCUT2D eigenvalue weighted by molar-refractivity contribution is 0.324. The summed E-state index contributed by atoms with van der Waals surface area (Å²) in [7, 11) is 4.70. The number of anilines is 2. The van der Waals surface area contributed by atoms with E-state index >= 15 is 0 Å². The van der Waals surface area contributed by atoms with Gasteiger partial charge in [-0.1, -0.05) is 23.7 Å². The van der Waals surface area contributed by atoms with Crippen LogP contribution in [-0.4, -0.2) is 36.3 Å². The molecule has 0 aliphatic carbocycles. The quantitative estimate of drug-likeness (QED) is 0.384. The fraction of sp³-hybridized carbons (Fsp3) is 0.136. The lowest BCUT2D eigenvalue weighted by atomic mass is 10.2. The summed E-state index contributed by atoms with van der Waals surface area (Å²) in [6.07, 6.45) is 3.50. The average Bonchev–Trinajstić information content (AvgIpc) is 3.29. The van der Waals surface area contributed by atoms with Crippen LogP contribution in [0, 0.1) is 0 Å². The number of ether oxygens (including phenoxy) is 3. The minimum atomic E-state index is 0.438. The van der Waals surface area contributed by atoms with Crippen LogP contribution in [0.3, 0.4) is 0 Å². The fourth-order valence-corrected chi connectivity index (χ4v) is 3.97. The summed E-state index contributed by atoms with van der Waals surface area (Å²) in [4.78, 5) is 14.4. The molecule has 0 unspecified atom stereocenters. The van der Waals surface area contributed by atoms with Crippen LogP contribution in [0.2, 0.25) is 5.02 Å². The topological polar surface area (TPSA) is 78.4 Å². The summed E-state index contributed by atoms with van der Waals surface area (Å²) in [5, 5.41) is 4.78. The highest BCUT2D eigenvalue weighted by atomic mass is 35.5. The van der Waals surface area contributed by atoms with Gasteiger partial charge in [0.05, 0.1) is 31.9 Å². The second-order valence-electron chi connectivity index (χ2n) is 6.34. The van der Waals surface area contributed by atoms with E-state index < -0.39 is 0 Å². The predicted molar refractivity (Wildman–Crippen MR) is 123 cm³/mol. The van der Waals surface area contributed by atoms with Gasteiger partial charge in [-0.2, -0.15) is 0 Å². The van der Waals surface area contributed by atoms with E-state index in [1.165, 1.54) is 0 Å². The van der Waals surface area contributed by atoms with E-state index in [4.69, 9.17) is 25.8 Å². The van der Waals surface area contributed by atoms with Crippen LogP contribution in [-0.2, 0) is 0 Å². The van der Waals surface area contributed by atoms with Gasteiger partial charge in [0.15, 0.2) is 11.5 Å². The van der Waals surface area contributed by atoms with E-state index in [1.54, 1.807) is 57.2 Å². The first kappa shape index (κ1) is 20.9. The number of methoxy groups -OCH3 is 3. The van der Waals surface area contributed by atoms with Crippen molar-refractivity contribution in [1.29, 1.82) is 0 Å². The lowest BCUT2D eigenvalue weighted by Gasteiger charge is -2.14. The molecular formula is C22H19ClN4O3S. The number of benzene rings is 2. The van der Waals surface area contributed by atoms with Gasteiger partial charge in [-0.25, -0.2) is 15.0 Å². The van der Waals surface area contributed by atoms with Crippen LogP contribution in [0.15, 0.2) is 54.9 Å². The zero-order chi connectivity index (χ0) is 21.8. The Balaban J connectivity index is 1.60. The molecule has 0 bridgehead atoms. The van der Waals surface area contributed by atoms with Crippen LogP contribution < -0.4 is 19.5 Å². The van der Waals surface area contributed by atoms with Gasteiger partial charge in [0.1, 0.15) is 5.01 Å². The summed E-state index contributed by atoms with van der Waals surface area (Å²) >= 11 is 7.52. The number of nitrogens with one attached hydrogen (secondary N) is 1. The Morgan fingerprint density at radius 1 is 0.903 bits per heavy atom. The summed E-state index contributed by atoms with van der Waals surface area (Å²) in [5.41, 5.74) is 2.48. The SMILES string of the molecule is COc1cc(Nc2nccc(-c3cnc(-c4ccc(Cl)cc4)s3)n2)cc(OC)c1OC. The Hall–Kier alpha value is -3.36. The van der Waals surface area contributed by atoms with Crippen LogP contribution in [0.1, 0.15) is 0 Å². The molecule has 7 nitrogen and oxygen atoms in total. The summed E-state index contributed by atoms with van der Waals surface area (Å²) in [6, 6.07) is 13.0. The Bertz CT molecular complexity index is 1170. The third kappa shape index (κ3) is 4.55. The van der Waals surface area contributed by atoms with Gasteiger partial charge in [-0.3, -0.25) is 0 Å². The number of thiazole rings is 1. The van der Waals surface area contributed by atoms with E-state index in [0.717, 1.165) is 21.1 Å². The third-order valence-corrected chi connectivity index (χ3v) is 5.75. The molecule has 0 fully saturated rings. The minimum absolute atomic E-state index is 0.438. The van der Waals surface area contributed by atoms with Gasteiger partial charge in [0.25, 0.3) is 0 Å². The van der Waals surface area contributed by atoms with E-state index in [1.807, 2.05) is 30.3 Å². The molecule has 9 heteroatoms. The summed E-state index contributed by atoms with van der Waals surface area (Å²) in [5.74, 6) is 2.03. The van der Waals surface area contributed by atoms with Crippen molar-refractivity contribution >= 4 is 34.6 Å². The molecule has 0 amide bonds. The van der Waals surface area contributed by atoms with E-state index in [2.05, 4.69) is 20.3 Å². The molecule has 2 aromatic carbocycles. The monoisotopic (exact) mass is 454 g/mol. The Labute approximate surface area is 188 Å². The zero-order valence-electron chi connectivity index (χ0n) is 17.0. The van der Waals surface area contributed by atoms with Gasteiger partial charge in [-0.05, 0) is 18.2 Å². The standard InChI is InChI=1S/C22H19ClN4O3S/c1-28-17-10-15(11-18(29-2)20(17)30-3)26-22-24-9-8-16(27-22)19-12-25-21(31-19)13-4-6-14(23)7-5-13/h4-12H,1-3H3,(H,24,26,27). The van der Waals surface area contributed by atoms with Crippen LogP contribution in [0.25, 0.3) is 21.1 Å². The summed E-state index contributed by atoms with van der Waals surface area (Å²) in [6.45, 7) is 0. The average molecular weight is 455 g/mol. The smallest absolute Gasteiger partial charge is 0.227 e. The minimum Gasteiger partial charge on any atom is -0.493 e. The largest absolute Gasteiger partial charge is 0.493 e. The molecule has 0 spiro atoms. The number of aromatic nitrogens is 3. The molecule has 0 saturated heterocycles. The molecule has 31 heavy (non-hydrogen) atoms. The molecule has 158 valence electrons. The molecule has 0 radical (unpaired) electrons. The van der Waals surface area contributed by atoms with Crippen LogP contribution in [0.5, 0.6) is 17.2 Å². The maximum Gasteiger partial charge on any atom is 0.227 e. The van der Waals surface area contributed by atoms with E-state index in [9.17, 15) is 0 Å². The molecule has 2 heterocycles. The van der Waals surface area contributed by atoms with Crippen molar-refractivity contribution in [2.75, 3.05) is 26.6 Å². The van der Waals surface area contributed by atoms with E-state index in [0.29, 0.717) is 33.9 Å². The third-order valence-electron chi connectivity index (χ3n) is 4.43. The summed E-state index contributed by atoms with van der Waals surface area (Å²) < 4.78 is 16.2. The first-order valence-electron chi connectivity index (χ1n) is 9.23. The van der Waals surface area contributed by atoms with Crippen molar-refractivity contribution in [2.45, 2.75) is 0 Å². The highest BCUT2D eigenvalue weighted by Crippen LogP contribution is 2.40. The second kappa shape index (κ2) is 9.20. The molecule has 0 saturated carbocycles. The van der Waals surface area contributed by atoms with Gasteiger partial charge in [-0.15, -0.1) is 11.3 Å². The van der Waals surface area contributed by atoms with Crippen molar-refractivity contribution in [3.8, 4) is 38.4 Å². The molecule has 0 aliphatic heterocycles. The number of hydrogen-bond acceptors (Lipinski definition) is 8. The molecule has 2 aromatic heterocycles. The number of nitrogens with zero attached hydrogens (tertiary/aromatic N) is 3. The Morgan fingerprint density at radius 2 is 1.61 bits per heavy atom. The van der Waals surface area contributed by atoms with Gasteiger partial charge in [0.2, 0.25) is 11.7 Å². The number of rotatable bonds is 7. The first-order chi connectivity index (χ1) is 15.1. The maximum absolute atomic E-state index is 5.98. The molecule has 4 aromatic rings. The first-order valence-corrected chi connectivity index (χ1v) is 10.4. The predicted octanol–water partition coefficient (Wildman–Crippen LogP) is 5.69. The molecule has 1 N–H and O–H groups in total. The number of halogens is 1. The Kier molecular flexibility index (Phi) is 6.20. The van der Waals surface area contributed by atoms with Crippen molar-refractivity contribution in [2.24, 2.45) is 0 Å². The van der Waals surface area contributed by atoms with E-state index in [-0.39, 0.29) is 0 Å². The Morgan fingerprint density at radius 3 is 2.26 bits per heavy atom. The van der Waals surface area contributed by atoms with Gasteiger partial charge >= 0.3 is 0 Å². The molecule has 0 atom stereocenters. The maximum atomic E-state index is 5.98. The van der Waals surface area contributed by atoms with Crippen molar-refractivity contribution in [1.82, 2.24) is 15.0 Å². The van der Waals surface area contributed by atoms with Gasteiger partial charge < -0.3 is 19.5 Å². The van der Waals surface area contributed by atoms with Crippen molar-refractivity contribution in [3.63, 3.8) is 0 Å². The molecule has 0 aliphatic rings. The number of hydrogen-bond donors (Lipinski definition) is 1. The lowest BCUT2D eigenvalue weighted by Crippen LogP contribution is -2.00. The highest BCUT2D eigenvalue weighted by Gasteiger charge is 2.14. The van der Waals surface area contributed by atoms with Crippen molar-refractivity contribution < 1.29 is 14.2 Å². The molecule has 4 rings (SSSR count). The normalized spacial score (nSPS) is 10.6. The van der Waals surface area contributed by atoms with Gasteiger partial charge in [0, 0.05) is 40.8 Å². The molecular weight excluding hydrogens is 436 g/mol. The highest BCUT2D eigenvalue weighted by molar-refractivity contribution is 7.18. The fourth-order valence-electron chi connectivity index (χ4n) is 2.96. The van der Waals surface area contributed by atoms with Crippen molar-refractivity contribution in [3.05, 3.63) is 59.9 Å². The second-order valence-corrected chi connectivity index (χ2v) is 7.81. The zero-order valence-corrected chi connectivity index (χ0v) is 18.6. The van der Waals surface area contributed by atoms with Crippen LogP contribution >= 0.6 is 22.9 Å².